The molecule has 1 unspecified atom stereocenters. The SMILES string of the molecule is CCCOC(=O)C1=C(C)Nc2nc(SCCC)nn2C1c1ccc(OCc2ccc(C)cc2)c(OCC)c1. The number of nitrogens with zero attached hydrogens (tertiary/aromatic N) is 3. The van der Waals surface area contributed by atoms with Crippen molar-refractivity contribution in [2.45, 2.75) is 65.3 Å². The molecule has 8 nitrogen and oxygen atoms in total. The van der Waals surface area contributed by atoms with Crippen molar-refractivity contribution in [3.8, 4) is 11.5 Å². The zero-order chi connectivity index (χ0) is 27.1. The second-order valence-electron chi connectivity index (χ2n) is 9.13. The summed E-state index contributed by atoms with van der Waals surface area (Å²) in [6.45, 7) is 11.2. The van der Waals surface area contributed by atoms with Crippen LogP contribution < -0.4 is 14.8 Å². The van der Waals surface area contributed by atoms with E-state index in [1.165, 1.54) is 5.56 Å². The van der Waals surface area contributed by atoms with Crippen LogP contribution >= 0.6 is 11.8 Å². The van der Waals surface area contributed by atoms with E-state index in [1.54, 1.807) is 16.4 Å². The second-order valence-corrected chi connectivity index (χ2v) is 10.2. The van der Waals surface area contributed by atoms with Crippen LogP contribution in [0.25, 0.3) is 0 Å². The highest BCUT2D eigenvalue weighted by Crippen LogP contribution is 2.40. The lowest BCUT2D eigenvalue weighted by atomic mass is 9.95. The van der Waals surface area contributed by atoms with Gasteiger partial charge in [-0.25, -0.2) is 9.48 Å². The number of nitrogens with one attached hydrogen (secondary N) is 1. The predicted molar refractivity (Wildman–Crippen MR) is 150 cm³/mol. The van der Waals surface area contributed by atoms with Crippen LogP contribution in [0.5, 0.6) is 11.5 Å². The first kappa shape index (κ1) is 27.6. The molecule has 1 aliphatic rings. The number of ether oxygens (including phenoxy) is 3. The molecule has 0 bridgehead atoms. The Balaban J connectivity index is 1.71. The van der Waals surface area contributed by atoms with Gasteiger partial charge in [-0.2, -0.15) is 4.98 Å². The van der Waals surface area contributed by atoms with Crippen LogP contribution in [0.4, 0.5) is 5.95 Å². The number of aryl methyl sites for hydroxylation is 1. The predicted octanol–water partition coefficient (Wildman–Crippen LogP) is 6.31. The number of carbonyl (C=O) groups is 1. The summed E-state index contributed by atoms with van der Waals surface area (Å²) >= 11 is 1.59. The van der Waals surface area contributed by atoms with Crippen molar-refractivity contribution < 1.29 is 19.0 Å². The lowest BCUT2D eigenvalue weighted by Gasteiger charge is -2.28. The van der Waals surface area contributed by atoms with Crippen molar-refractivity contribution >= 4 is 23.7 Å². The topological polar surface area (TPSA) is 87.5 Å². The van der Waals surface area contributed by atoms with Crippen molar-refractivity contribution in [1.29, 1.82) is 0 Å². The van der Waals surface area contributed by atoms with E-state index in [-0.39, 0.29) is 5.97 Å². The zero-order valence-corrected chi connectivity index (χ0v) is 23.6. The molecule has 1 aliphatic heterocycles. The molecule has 1 aromatic heterocycles. The molecule has 4 rings (SSSR count). The van der Waals surface area contributed by atoms with Crippen LogP contribution in [0, 0.1) is 6.92 Å². The van der Waals surface area contributed by atoms with Crippen LogP contribution in [0.1, 0.15) is 63.3 Å². The van der Waals surface area contributed by atoms with Gasteiger partial charge >= 0.3 is 5.97 Å². The normalized spacial score (nSPS) is 14.6. The fourth-order valence-electron chi connectivity index (χ4n) is 4.16. The highest BCUT2D eigenvalue weighted by atomic mass is 32.2. The summed E-state index contributed by atoms with van der Waals surface area (Å²) in [5.41, 5.74) is 4.30. The first-order chi connectivity index (χ1) is 18.4. The van der Waals surface area contributed by atoms with Crippen LogP contribution in [0.15, 0.2) is 58.9 Å². The summed E-state index contributed by atoms with van der Waals surface area (Å²) in [7, 11) is 0. The standard InChI is InChI=1S/C29H36N4O4S/c1-6-15-36-27(34)25-20(5)30-28-31-29(38-16-7-2)32-33(28)26(25)22-13-14-23(24(17-22)35-8-3)37-18-21-11-9-19(4)10-12-21/h9-14,17,26H,6-8,15-16,18H2,1-5H3,(H,30,31,32). The van der Waals surface area contributed by atoms with E-state index in [2.05, 4.69) is 48.4 Å². The Kier molecular flexibility index (Phi) is 9.33. The molecule has 0 fully saturated rings. The van der Waals surface area contributed by atoms with Crippen LogP contribution in [-0.2, 0) is 16.1 Å². The molecule has 38 heavy (non-hydrogen) atoms. The summed E-state index contributed by atoms with van der Waals surface area (Å²) in [6.07, 6.45) is 1.75. The van der Waals surface area contributed by atoms with E-state index < -0.39 is 6.04 Å². The van der Waals surface area contributed by atoms with Gasteiger partial charge in [-0.3, -0.25) is 0 Å². The van der Waals surface area contributed by atoms with Crippen LogP contribution in [-0.4, -0.2) is 39.7 Å². The number of rotatable bonds is 12. The number of anilines is 1. The molecule has 0 spiro atoms. The largest absolute Gasteiger partial charge is 0.490 e. The van der Waals surface area contributed by atoms with Crippen molar-refractivity contribution in [1.82, 2.24) is 14.8 Å². The van der Waals surface area contributed by atoms with Crippen LogP contribution in [0.3, 0.4) is 0 Å². The third-order valence-electron chi connectivity index (χ3n) is 6.02. The molecular weight excluding hydrogens is 500 g/mol. The maximum absolute atomic E-state index is 13.3. The van der Waals surface area contributed by atoms with E-state index in [4.69, 9.17) is 19.3 Å². The Morgan fingerprint density at radius 2 is 1.82 bits per heavy atom. The number of esters is 1. The average Bonchev–Trinajstić information content (AvgIpc) is 3.32. The molecule has 1 atom stereocenters. The van der Waals surface area contributed by atoms with E-state index in [9.17, 15) is 4.79 Å². The Hall–Kier alpha value is -3.46. The molecule has 9 heteroatoms. The lowest BCUT2D eigenvalue weighted by Crippen LogP contribution is -2.29. The zero-order valence-electron chi connectivity index (χ0n) is 22.7. The van der Waals surface area contributed by atoms with E-state index in [1.807, 2.05) is 39.0 Å². The minimum absolute atomic E-state index is 0.347. The van der Waals surface area contributed by atoms with Gasteiger partial charge < -0.3 is 19.5 Å². The Bertz CT molecular complexity index is 1290. The van der Waals surface area contributed by atoms with Crippen LogP contribution in [0.2, 0.25) is 0 Å². The molecule has 3 aromatic rings. The number of fused-ring (bicyclic) bond motifs is 1. The molecule has 2 heterocycles. The summed E-state index contributed by atoms with van der Waals surface area (Å²) in [6, 6.07) is 13.5. The fourth-order valence-corrected chi connectivity index (χ4v) is 4.84. The molecule has 1 N–H and O–H groups in total. The molecule has 0 amide bonds. The number of hydrogen-bond donors (Lipinski definition) is 1. The van der Waals surface area contributed by atoms with Crippen molar-refractivity contribution in [3.05, 3.63) is 70.4 Å². The molecule has 0 radical (unpaired) electrons. The molecule has 202 valence electrons. The monoisotopic (exact) mass is 536 g/mol. The highest BCUT2D eigenvalue weighted by molar-refractivity contribution is 7.99. The first-order valence-corrected chi connectivity index (χ1v) is 14.1. The number of benzene rings is 2. The Morgan fingerprint density at radius 3 is 2.53 bits per heavy atom. The number of allylic oxidation sites excluding steroid dienone is 1. The third kappa shape index (κ3) is 6.32. The quantitative estimate of drug-likeness (QED) is 0.213. The smallest absolute Gasteiger partial charge is 0.338 e. The second kappa shape index (κ2) is 12.9. The van der Waals surface area contributed by atoms with Gasteiger partial charge in [0.2, 0.25) is 11.1 Å². The van der Waals surface area contributed by atoms with Gasteiger partial charge in [0.15, 0.2) is 11.5 Å². The van der Waals surface area contributed by atoms with Gasteiger partial charge in [0.05, 0.1) is 18.8 Å². The van der Waals surface area contributed by atoms with Crippen molar-refractivity contribution in [2.75, 3.05) is 24.3 Å². The molecule has 0 saturated carbocycles. The summed E-state index contributed by atoms with van der Waals surface area (Å²) in [5.74, 6) is 2.38. The number of thioether (sulfide) groups is 1. The number of carbonyl (C=O) groups excluding carboxylic acids is 1. The Morgan fingerprint density at radius 1 is 1.03 bits per heavy atom. The minimum atomic E-state index is -0.524. The lowest BCUT2D eigenvalue weighted by molar-refractivity contribution is -0.139. The van der Waals surface area contributed by atoms with Gasteiger partial charge in [0, 0.05) is 11.4 Å². The van der Waals surface area contributed by atoms with Gasteiger partial charge in [-0.15, -0.1) is 5.10 Å². The fraction of sp³-hybridized carbons (Fsp3) is 0.414. The van der Waals surface area contributed by atoms with Gasteiger partial charge in [-0.05, 0) is 56.9 Å². The number of hydrogen-bond acceptors (Lipinski definition) is 8. The van der Waals surface area contributed by atoms with Gasteiger partial charge in [0.25, 0.3) is 0 Å². The van der Waals surface area contributed by atoms with Crippen molar-refractivity contribution in [2.24, 2.45) is 0 Å². The molecular formula is C29H36N4O4S. The highest BCUT2D eigenvalue weighted by Gasteiger charge is 2.35. The van der Waals surface area contributed by atoms with Gasteiger partial charge in [0.1, 0.15) is 12.6 Å². The maximum Gasteiger partial charge on any atom is 0.338 e. The summed E-state index contributed by atoms with van der Waals surface area (Å²) in [4.78, 5) is 17.9. The first-order valence-electron chi connectivity index (χ1n) is 13.1. The molecule has 0 saturated heterocycles. The molecule has 0 aliphatic carbocycles. The van der Waals surface area contributed by atoms with E-state index in [0.29, 0.717) is 53.7 Å². The Labute approximate surface area is 228 Å². The maximum atomic E-state index is 13.3. The summed E-state index contributed by atoms with van der Waals surface area (Å²) in [5, 5.41) is 8.69. The third-order valence-corrected chi connectivity index (χ3v) is 7.07. The summed E-state index contributed by atoms with van der Waals surface area (Å²) < 4.78 is 19.5. The molecule has 2 aromatic carbocycles. The van der Waals surface area contributed by atoms with Gasteiger partial charge in [-0.1, -0.05) is 61.5 Å². The van der Waals surface area contributed by atoms with E-state index >= 15 is 0 Å². The average molecular weight is 537 g/mol. The van der Waals surface area contributed by atoms with Crippen molar-refractivity contribution in [3.63, 3.8) is 0 Å². The minimum Gasteiger partial charge on any atom is -0.490 e. The van der Waals surface area contributed by atoms with E-state index in [0.717, 1.165) is 29.7 Å². The number of aromatic nitrogens is 3.